The summed E-state index contributed by atoms with van der Waals surface area (Å²) in [6, 6.07) is 3.36. The molecule has 21 heavy (non-hydrogen) atoms. The average molecular weight is 296 g/mol. The second-order valence-electron chi connectivity index (χ2n) is 5.57. The normalized spacial score (nSPS) is 15.0. The van der Waals surface area contributed by atoms with Crippen LogP contribution in [0.15, 0.2) is 22.8 Å². The summed E-state index contributed by atoms with van der Waals surface area (Å²) in [6.45, 7) is 5.42. The lowest BCUT2D eigenvalue weighted by molar-refractivity contribution is -0.147. The molecule has 118 valence electrons. The molecule has 3 N–H and O–H groups in total. The molecular formula is C15H24N2O4. The molecule has 1 heterocycles. The molecule has 0 aliphatic rings. The topological polar surface area (TPSA) is 91.6 Å². The Labute approximate surface area is 124 Å². The maximum Gasteiger partial charge on any atom is 0.315 e. The van der Waals surface area contributed by atoms with E-state index in [1.807, 2.05) is 19.1 Å². The SMILES string of the molecule is CCC(C)(CNC(=O)NC(C)CCc1ccco1)C(=O)O. The first-order valence-electron chi connectivity index (χ1n) is 7.17. The first-order chi connectivity index (χ1) is 9.87. The van der Waals surface area contributed by atoms with Crippen LogP contribution in [0.1, 0.15) is 39.4 Å². The van der Waals surface area contributed by atoms with Gasteiger partial charge in [-0.2, -0.15) is 0 Å². The number of urea groups is 1. The molecule has 0 aliphatic heterocycles. The van der Waals surface area contributed by atoms with E-state index < -0.39 is 11.4 Å². The molecule has 0 saturated heterocycles. The Kier molecular flexibility index (Phi) is 6.27. The van der Waals surface area contributed by atoms with Crippen LogP contribution < -0.4 is 10.6 Å². The fourth-order valence-electron chi connectivity index (χ4n) is 1.79. The van der Waals surface area contributed by atoms with Gasteiger partial charge in [-0.25, -0.2) is 4.79 Å². The van der Waals surface area contributed by atoms with Crippen molar-refractivity contribution in [3.05, 3.63) is 24.2 Å². The second-order valence-corrected chi connectivity index (χ2v) is 5.57. The fraction of sp³-hybridized carbons (Fsp3) is 0.600. The third-order valence-corrected chi connectivity index (χ3v) is 3.72. The summed E-state index contributed by atoms with van der Waals surface area (Å²) >= 11 is 0. The lowest BCUT2D eigenvalue weighted by Gasteiger charge is -2.24. The van der Waals surface area contributed by atoms with Gasteiger partial charge in [0, 0.05) is 19.0 Å². The Morgan fingerprint density at radius 1 is 1.48 bits per heavy atom. The van der Waals surface area contributed by atoms with Gasteiger partial charge in [-0.1, -0.05) is 6.92 Å². The number of hydrogen-bond donors (Lipinski definition) is 3. The van der Waals surface area contributed by atoms with E-state index >= 15 is 0 Å². The number of carbonyl (C=O) groups is 2. The Morgan fingerprint density at radius 3 is 2.71 bits per heavy atom. The molecule has 0 bridgehead atoms. The highest BCUT2D eigenvalue weighted by atomic mass is 16.4. The number of carbonyl (C=O) groups excluding carboxylic acids is 1. The van der Waals surface area contributed by atoms with Gasteiger partial charge in [0.15, 0.2) is 0 Å². The highest BCUT2D eigenvalue weighted by Crippen LogP contribution is 2.19. The maximum absolute atomic E-state index is 11.8. The van der Waals surface area contributed by atoms with Crippen LogP contribution in [0.3, 0.4) is 0 Å². The van der Waals surface area contributed by atoms with E-state index in [-0.39, 0.29) is 18.6 Å². The van der Waals surface area contributed by atoms with Crippen LogP contribution in [0.4, 0.5) is 4.79 Å². The third kappa shape index (κ3) is 5.49. The Bertz CT molecular complexity index is 458. The highest BCUT2D eigenvalue weighted by molar-refractivity contribution is 5.77. The van der Waals surface area contributed by atoms with Gasteiger partial charge in [-0.3, -0.25) is 4.79 Å². The summed E-state index contributed by atoms with van der Waals surface area (Å²) in [5, 5.41) is 14.6. The molecule has 0 spiro atoms. The highest BCUT2D eigenvalue weighted by Gasteiger charge is 2.31. The van der Waals surface area contributed by atoms with Gasteiger partial charge in [0.1, 0.15) is 5.76 Å². The zero-order valence-corrected chi connectivity index (χ0v) is 12.8. The summed E-state index contributed by atoms with van der Waals surface area (Å²) in [5.41, 5.74) is -0.936. The van der Waals surface area contributed by atoms with Gasteiger partial charge < -0.3 is 20.2 Å². The standard InChI is InChI=1S/C15H24N2O4/c1-4-15(3,13(18)19)10-16-14(20)17-11(2)7-8-12-6-5-9-21-12/h5-6,9,11H,4,7-8,10H2,1-3H3,(H,18,19)(H2,16,17,20). The first-order valence-corrected chi connectivity index (χ1v) is 7.17. The third-order valence-electron chi connectivity index (χ3n) is 3.72. The quantitative estimate of drug-likeness (QED) is 0.687. The minimum Gasteiger partial charge on any atom is -0.481 e. The number of amides is 2. The molecule has 2 amide bonds. The fourth-order valence-corrected chi connectivity index (χ4v) is 1.79. The smallest absolute Gasteiger partial charge is 0.315 e. The molecule has 1 rings (SSSR count). The van der Waals surface area contributed by atoms with E-state index in [4.69, 9.17) is 9.52 Å². The molecule has 2 atom stereocenters. The van der Waals surface area contributed by atoms with E-state index in [0.29, 0.717) is 6.42 Å². The molecule has 2 unspecified atom stereocenters. The Hall–Kier alpha value is -1.98. The molecule has 1 aromatic rings. The minimum atomic E-state index is -0.936. The molecular weight excluding hydrogens is 272 g/mol. The van der Waals surface area contributed by atoms with E-state index in [2.05, 4.69) is 10.6 Å². The summed E-state index contributed by atoms with van der Waals surface area (Å²) in [5.74, 6) is -0.0235. The van der Waals surface area contributed by atoms with E-state index in [0.717, 1.165) is 18.6 Å². The maximum atomic E-state index is 11.8. The molecule has 0 saturated carbocycles. The zero-order chi connectivity index (χ0) is 15.9. The van der Waals surface area contributed by atoms with Crippen molar-refractivity contribution in [2.45, 2.75) is 46.1 Å². The van der Waals surface area contributed by atoms with E-state index in [1.165, 1.54) is 0 Å². The predicted molar refractivity (Wildman–Crippen MR) is 79.1 cm³/mol. The van der Waals surface area contributed by atoms with Gasteiger partial charge in [0.2, 0.25) is 0 Å². The van der Waals surface area contributed by atoms with Crippen molar-refractivity contribution in [1.82, 2.24) is 10.6 Å². The number of carboxylic acids is 1. The number of furan rings is 1. The lowest BCUT2D eigenvalue weighted by Crippen LogP contribution is -2.46. The molecule has 1 aromatic heterocycles. The zero-order valence-electron chi connectivity index (χ0n) is 12.8. The van der Waals surface area contributed by atoms with Gasteiger partial charge in [0.25, 0.3) is 0 Å². The minimum absolute atomic E-state index is 0.0205. The van der Waals surface area contributed by atoms with Crippen LogP contribution >= 0.6 is 0 Å². The van der Waals surface area contributed by atoms with Crippen molar-refractivity contribution in [3.8, 4) is 0 Å². The van der Waals surface area contributed by atoms with Crippen LogP contribution in [0.5, 0.6) is 0 Å². The largest absolute Gasteiger partial charge is 0.481 e. The number of aliphatic carboxylic acids is 1. The monoisotopic (exact) mass is 296 g/mol. The number of rotatable bonds is 8. The predicted octanol–water partition coefficient (Wildman–Crippen LogP) is 2.40. The second kappa shape index (κ2) is 7.71. The summed E-state index contributed by atoms with van der Waals surface area (Å²) in [4.78, 5) is 22.9. The molecule has 6 nitrogen and oxygen atoms in total. The van der Waals surface area contributed by atoms with Crippen molar-refractivity contribution in [1.29, 1.82) is 0 Å². The van der Waals surface area contributed by atoms with Crippen molar-refractivity contribution in [2.75, 3.05) is 6.54 Å². The summed E-state index contributed by atoms with van der Waals surface area (Å²) in [7, 11) is 0. The van der Waals surface area contributed by atoms with Gasteiger partial charge in [-0.05, 0) is 38.8 Å². The lowest BCUT2D eigenvalue weighted by atomic mass is 9.88. The number of nitrogens with one attached hydrogen (secondary N) is 2. The van der Waals surface area contributed by atoms with Crippen LogP contribution in [0.25, 0.3) is 0 Å². The molecule has 0 aliphatic carbocycles. The van der Waals surface area contributed by atoms with Crippen LogP contribution in [-0.4, -0.2) is 29.7 Å². The molecule has 0 aromatic carbocycles. The number of carboxylic acid groups (broad SMARTS) is 1. The Balaban J connectivity index is 2.31. The number of aryl methyl sites for hydroxylation is 1. The van der Waals surface area contributed by atoms with Gasteiger partial charge in [0.05, 0.1) is 11.7 Å². The molecule has 6 heteroatoms. The average Bonchev–Trinajstić information content (AvgIpc) is 2.95. The van der Waals surface area contributed by atoms with Crippen LogP contribution in [0, 0.1) is 5.41 Å². The van der Waals surface area contributed by atoms with Crippen molar-refractivity contribution < 1.29 is 19.1 Å². The van der Waals surface area contributed by atoms with Crippen molar-refractivity contribution in [3.63, 3.8) is 0 Å². The Morgan fingerprint density at radius 2 is 2.19 bits per heavy atom. The van der Waals surface area contributed by atoms with Gasteiger partial charge in [-0.15, -0.1) is 0 Å². The molecule has 0 fully saturated rings. The van der Waals surface area contributed by atoms with E-state index in [9.17, 15) is 9.59 Å². The number of hydrogen-bond acceptors (Lipinski definition) is 3. The van der Waals surface area contributed by atoms with Crippen molar-refractivity contribution in [2.24, 2.45) is 5.41 Å². The summed E-state index contributed by atoms with van der Waals surface area (Å²) < 4.78 is 5.23. The van der Waals surface area contributed by atoms with Gasteiger partial charge >= 0.3 is 12.0 Å². The first kappa shape index (κ1) is 17.1. The van der Waals surface area contributed by atoms with Crippen LogP contribution in [-0.2, 0) is 11.2 Å². The summed E-state index contributed by atoms with van der Waals surface area (Å²) in [6.07, 6.45) is 3.58. The molecule has 0 radical (unpaired) electrons. The van der Waals surface area contributed by atoms with Crippen molar-refractivity contribution >= 4 is 12.0 Å². The van der Waals surface area contributed by atoms with E-state index in [1.54, 1.807) is 20.1 Å². The van der Waals surface area contributed by atoms with Crippen LogP contribution in [0.2, 0.25) is 0 Å².